The molecule has 0 aliphatic heterocycles. The number of rotatable bonds is 2. The first-order valence-electron chi connectivity index (χ1n) is 5.05. The van der Waals surface area contributed by atoms with E-state index in [4.69, 9.17) is 17.3 Å². The van der Waals surface area contributed by atoms with Gasteiger partial charge in [-0.1, -0.05) is 24.9 Å². The summed E-state index contributed by atoms with van der Waals surface area (Å²) < 4.78 is 0. The molecule has 0 bridgehead atoms. The van der Waals surface area contributed by atoms with Crippen LogP contribution in [-0.4, -0.2) is 4.98 Å². The van der Waals surface area contributed by atoms with Gasteiger partial charge in [-0.3, -0.25) is 4.98 Å². The molecular weight excluding hydrogens is 208 g/mol. The van der Waals surface area contributed by atoms with Gasteiger partial charge in [-0.2, -0.15) is 0 Å². The highest BCUT2D eigenvalue weighted by molar-refractivity contribution is 6.31. The molecular formula is C12H13ClN2. The molecule has 0 unspecified atom stereocenters. The first-order chi connectivity index (χ1) is 7.20. The van der Waals surface area contributed by atoms with E-state index >= 15 is 0 Å². The lowest BCUT2D eigenvalue weighted by atomic mass is 10.1. The molecule has 1 heterocycles. The van der Waals surface area contributed by atoms with Gasteiger partial charge in [-0.15, -0.1) is 0 Å². The summed E-state index contributed by atoms with van der Waals surface area (Å²) in [5, 5.41) is 1.63. The Bertz CT molecular complexity index is 494. The summed E-state index contributed by atoms with van der Waals surface area (Å²) in [4.78, 5) is 4.53. The largest absolute Gasteiger partial charge is 0.398 e. The number of hydrogen-bond acceptors (Lipinski definition) is 2. The fraction of sp³-hybridized carbons (Fsp3) is 0.250. The highest BCUT2D eigenvalue weighted by Gasteiger charge is 2.03. The Labute approximate surface area is 94.1 Å². The van der Waals surface area contributed by atoms with E-state index in [-0.39, 0.29) is 0 Å². The van der Waals surface area contributed by atoms with Crippen molar-refractivity contribution in [1.82, 2.24) is 4.98 Å². The van der Waals surface area contributed by atoms with Crippen LogP contribution < -0.4 is 5.73 Å². The third-order valence-corrected chi connectivity index (χ3v) is 2.60. The summed E-state index contributed by atoms with van der Waals surface area (Å²) >= 11 is 5.91. The Morgan fingerprint density at radius 3 is 2.87 bits per heavy atom. The summed E-state index contributed by atoms with van der Waals surface area (Å²) in [6.45, 7) is 2.13. The fourth-order valence-electron chi connectivity index (χ4n) is 1.67. The maximum atomic E-state index is 5.96. The summed E-state index contributed by atoms with van der Waals surface area (Å²) in [7, 11) is 0. The van der Waals surface area contributed by atoms with Crippen molar-refractivity contribution in [3.8, 4) is 0 Å². The highest BCUT2D eigenvalue weighted by Crippen LogP contribution is 2.24. The van der Waals surface area contributed by atoms with Crippen molar-refractivity contribution in [2.45, 2.75) is 19.8 Å². The minimum atomic E-state index is 0.694. The van der Waals surface area contributed by atoms with Crippen molar-refractivity contribution < 1.29 is 0 Å². The monoisotopic (exact) mass is 220 g/mol. The number of nitrogens with zero attached hydrogens (tertiary/aromatic N) is 1. The second-order valence-electron chi connectivity index (χ2n) is 3.61. The second-order valence-corrected chi connectivity index (χ2v) is 4.05. The molecule has 0 aliphatic rings. The van der Waals surface area contributed by atoms with Crippen molar-refractivity contribution in [3.63, 3.8) is 0 Å². The molecule has 0 saturated heterocycles. The minimum absolute atomic E-state index is 0.694. The van der Waals surface area contributed by atoms with Crippen molar-refractivity contribution >= 4 is 28.2 Å². The number of hydrogen-bond donors (Lipinski definition) is 1. The number of nitrogens with two attached hydrogens (primary N) is 1. The SMILES string of the molecule is CCCc1cc(N)c2cc(Cl)ccc2n1. The first kappa shape index (κ1) is 10.2. The predicted octanol–water partition coefficient (Wildman–Crippen LogP) is 3.42. The average Bonchev–Trinajstić information content (AvgIpc) is 2.20. The number of nitrogen functional groups attached to an aromatic ring is 1. The van der Waals surface area contributed by atoms with Gasteiger partial charge in [-0.05, 0) is 30.7 Å². The third-order valence-electron chi connectivity index (χ3n) is 2.36. The van der Waals surface area contributed by atoms with E-state index in [1.165, 1.54) is 0 Å². The van der Waals surface area contributed by atoms with Gasteiger partial charge in [-0.25, -0.2) is 0 Å². The van der Waals surface area contributed by atoms with Crippen LogP contribution in [0.4, 0.5) is 5.69 Å². The van der Waals surface area contributed by atoms with E-state index < -0.39 is 0 Å². The number of fused-ring (bicyclic) bond motifs is 1. The normalized spacial score (nSPS) is 10.8. The van der Waals surface area contributed by atoms with Crippen LogP contribution >= 0.6 is 11.6 Å². The van der Waals surface area contributed by atoms with Gasteiger partial charge < -0.3 is 5.73 Å². The maximum Gasteiger partial charge on any atom is 0.0727 e. The Morgan fingerprint density at radius 1 is 1.33 bits per heavy atom. The number of pyridine rings is 1. The Balaban J connectivity index is 2.62. The van der Waals surface area contributed by atoms with Gasteiger partial charge >= 0.3 is 0 Å². The van der Waals surface area contributed by atoms with Gasteiger partial charge in [0.15, 0.2) is 0 Å². The molecule has 2 aromatic rings. The van der Waals surface area contributed by atoms with Gasteiger partial charge in [0, 0.05) is 21.8 Å². The molecule has 0 aliphatic carbocycles. The predicted molar refractivity (Wildman–Crippen MR) is 65.2 cm³/mol. The van der Waals surface area contributed by atoms with Crippen molar-refractivity contribution in [3.05, 3.63) is 35.0 Å². The standard InChI is InChI=1S/C12H13ClN2/c1-2-3-9-7-11(14)10-6-8(13)4-5-12(10)15-9/h4-7H,2-3H2,1H3,(H2,14,15). The van der Waals surface area contributed by atoms with E-state index in [9.17, 15) is 0 Å². The van der Waals surface area contributed by atoms with Crippen LogP contribution in [0.5, 0.6) is 0 Å². The summed E-state index contributed by atoms with van der Waals surface area (Å²) in [5.74, 6) is 0. The van der Waals surface area contributed by atoms with E-state index in [0.717, 1.165) is 35.1 Å². The molecule has 0 spiro atoms. The zero-order valence-electron chi connectivity index (χ0n) is 8.63. The molecule has 0 amide bonds. The molecule has 78 valence electrons. The van der Waals surface area contributed by atoms with Crippen molar-refractivity contribution in [2.24, 2.45) is 0 Å². The first-order valence-corrected chi connectivity index (χ1v) is 5.43. The van der Waals surface area contributed by atoms with Crippen LogP contribution in [0.3, 0.4) is 0 Å². The maximum absolute atomic E-state index is 5.96. The fourth-order valence-corrected chi connectivity index (χ4v) is 1.84. The van der Waals surface area contributed by atoms with Gasteiger partial charge in [0.1, 0.15) is 0 Å². The Hall–Kier alpha value is -1.28. The van der Waals surface area contributed by atoms with Crippen molar-refractivity contribution in [1.29, 1.82) is 0 Å². The van der Waals surface area contributed by atoms with Crippen LogP contribution in [0.1, 0.15) is 19.0 Å². The zero-order chi connectivity index (χ0) is 10.8. The smallest absolute Gasteiger partial charge is 0.0727 e. The number of aryl methyl sites for hydroxylation is 1. The number of halogens is 1. The van der Waals surface area contributed by atoms with Crippen LogP contribution in [0.15, 0.2) is 24.3 Å². The molecule has 2 N–H and O–H groups in total. The molecule has 0 saturated carbocycles. The molecule has 2 rings (SSSR count). The zero-order valence-corrected chi connectivity index (χ0v) is 9.38. The van der Waals surface area contributed by atoms with Crippen LogP contribution in [0, 0.1) is 0 Å². The van der Waals surface area contributed by atoms with E-state index in [1.54, 1.807) is 0 Å². The van der Waals surface area contributed by atoms with Crippen LogP contribution in [0.25, 0.3) is 10.9 Å². The average molecular weight is 221 g/mol. The molecule has 3 heteroatoms. The van der Waals surface area contributed by atoms with Gasteiger partial charge in [0.2, 0.25) is 0 Å². The third kappa shape index (κ3) is 2.05. The van der Waals surface area contributed by atoms with E-state index in [0.29, 0.717) is 5.02 Å². The lowest BCUT2D eigenvalue weighted by molar-refractivity contribution is 0.890. The highest BCUT2D eigenvalue weighted by atomic mass is 35.5. The molecule has 0 fully saturated rings. The number of anilines is 1. The molecule has 1 aromatic heterocycles. The quantitative estimate of drug-likeness (QED) is 0.842. The number of aromatic nitrogens is 1. The molecule has 1 aromatic carbocycles. The minimum Gasteiger partial charge on any atom is -0.398 e. The second kappa shape index (κ2) is 4.07. The van der Waals surface area contributed by atoms with Gasteiger partial charge in [0.25, 0.3) is 0 Å². The van der Waals surface area contributed by atoms with Crippen LogP contribution in [0.2, 0.25) is 5.02 Å². The number of benzene rings is 1. The molecule has 15 heavy (non-hydrogen) atoms. The molecule has 0 radical (unpaired) electrons. The Kier molecular flexibility index (Phi) is 2.78. The van der Waals surface area contributed by atoms with E-state index in [2.05, 4.69) is 11.9 Å². The van der Waals surface area contributed by atoms with Gasteiger partial charge in [0.05, 0.1) is 5.52 Å². The van der Waals surface area contributed by atoms with E-state index in [1.807, 2.05) is 24.3 Å². The Morgan fingerprint density at radius 2 is 2.13 bits per heavy atom. The topological polar surface area (TPSA) is 38.9 Å². The van der Waals surface area contributed by atoms with Crippen molar-refractivity contribution in [2.75, 3.05) is 5.73 Å². The lowest BCUT2D eigenvalue weighted by Crippen LogP contribution is -1.95. The lowest BCUT2D eigenvalue weighted by Gasteiger charge is -2.05. The molecule has 2 nitrogen and oxygen atoms in total. The van der Waals surface area contributed by atoms with Crippen LogP contribution in [-0.2, 0) is 6.42 Å². The summed E-state index contributed by atoms with van der Waals surface area (Å²) in [6, 6.07) is 7.54. The molecule has 0 atom stereocenters. The summed E-state index contributed by atoms with van der Waals surface area (Å²) in [5.41, 5.74) is 8.68. The summed E-state index contributed by atoms with van der Waals surface area (Å²) in [6.07, 6.45) is 2.04.